The molecule has 2 aromatic rings. The fraction of sp³-hybridized carbons (Fsp3) is 0.154. The third-order valence-electron chi connectivity index (χ3n) is 2.35. The predicted octanol–water partition coefficient (Wildman–Crippen LogP) is 2.26. The Morgan fingerprint density at radius 2 is 2.16 bits per heavy atom. The van der Waals surface area contributed by atoms with Gasteiger partial charge in [0.15, 0.2) is 0 Å². The van der Waals surface area contributed by atoms with Crippen LogP contribution in [0.1, 0.15) is 11.3 Å². The number of esters is 1. The molecule has 1 aromatic carbocycles. The highest BCUT2D eigenvalue weighted by molar-refractivity contribution is 6.30. The van der Waals surface area contributed by atoms with E-state index >= 15 is 0 Å². The molecule has 0 bridgehead atoms. The minimum atomic E-state index is -0.390. The number of hydrogen-bond acceptors (Lipinski definition) is 4. The Labute approximate surface area is 115 Å². The number of aromatic amines is 1. The van der Waals surface area contributed by atoms with E-state index in [0.29, 0.717) is 11.4 Å². The van der Waals surface area contributed by atoms with Crippen molar-refractivity contribution < 1.29 is 9.53 Å². The minimum Gasteiger partial charge on any atom is -0.462 e. The molecule has 6 heteroatoms. The molecule has 0 aliphatic heterocycles. The average Bonchev–Trinajstić information content (AvgIpc) is 2.91. The van der Waals surface area contributed by atoms with Crippen LogP contribution in [0.15, 0.2) is 36.5 Å². The van der Waals surface area contributed by atoms with Crippen LogP contribution in [0, 0.1) is 0 Å². The highest BCUT2D eigenvalue weighted by Gasteiger charge is 2.00. The standard InChI is InChI=1S/C13H12ClN3O2/c14-11-4-1-10(2-5-11)3-6-13(18)19-8-7-12-9-15-17-16-12/h1-6,9H,7-8H2,(H,15,16,17)/b6-3-. The van der Waals surface area contributed by atoms with Crippen LogP contribution in [-0.2, 0) is 16.0 Å². The quantitative estimate of drug-likeness (QED) is 0.672. The first-order valence-corrected chi connectivity index (χ1v) is 6.07. The number of nitrogens with zero attached hydrogens (tertiary/aromatic N) is 2. The number of rotatable bonds is 5. The van der Waals surface area contributed by atoms with E-state index in [4.69, 9.17) is 16.3 Å². The molecule has 0 atom stereocenters. The molecule has 0 saturated heterocycles. The van der Waals surface area contributed by atoms with Gasteiger partial charge in [-0.25, -0.2) is 4.79 Å². The molecule has 5 nitrogen and oxygen atoms in total. The van der Waals surface area contributed by atoms with Crippen molar-refractivity contribution in [3.63, 3.8) is 0 Å². The lowest BCUT2D eigenvalue weighted by Crippen LogP contribution is -2.04. The van der Waals surface area contributed by atoms with E-state index in [1.165, 1.54) is 6.08 Å². The first-order valence-electron chi connectivity index (χ1n) is 5.69. The smallest absolute Gasteiger partial charge is 0.330 e. The number of carbonyl (C=O) groups excluding carboxylic acids is 1. The van der Waals surface area contributed by atoms with Crippen molar-refractivity contribution in [3.8, 4) is 0 Å². The summed E-state index contributed by atoms with van der Waals surface area (Å²) in [5.74, 6) is -0.390. The van der Waals surface area contributed by atoms with Crippen LogP contribution >= 0.6 is 11.6 Å². The molecule has 0 aliphatic rings. The minimum absolute atomic E-state index is 0.274. The molecule has 98 valence electrons. The third-order valence-corrected chi connectivity index (χ3v) is 2.60. The lowest BCUT2D eigenvalue weighted by Gasteiger charge is -1.99. The van der Waals surface area contributed by atoms with Gasteiger partial charge >= 0.3 is 5.97 Å². The van der Waals surface area contributed by atoms with Gasteiger partial charge in [0.2, 0.25) is 0 Å². The summed E-state index contributed by atoms with van der Waals surface area (Å²) in [6, 6.07) is 7.16. The number of carbonyl (C=O) groups is 1. The fourth-order valence-electron chi connectivity index (χ4n) is 1.39. The Morgan fingerprint density at radius 3 is 2.84 bits per heavy atom. The maximum absolute atomic E-state index is 11.4. The highest BCUT2D eigenvalue weighted by atomic mass is 35.5. The average molecular weight is 278 g/mol. The van der Waals surface area contributed by atoms with Gasteiger partial charge in [-0.15, -0.1) is 0 Å². The number of hydrogen-bond donors (Lipinski definition) is 1. The molecule has 2 rings (SSSR count). The highest BCUT2D eigenvalue weighted by Crippen LogP contribution is 2.10. The van der Waals surface area contributed by atoms with Crippen molar-refractivity contribution in [1.82, 2.24) is 15.4 Å². The largest absolute Gasteiger partial charge is 0.462 e. The van der Waals surface area contributed by atoms with Gasteiger partial charge in [0, 0.05) is 17.5 Å². The maximum Gasteiger partial charge on any atom is 0.330 e. The number of aromatic nitrogens is 3. The molecule has 0 amide bonds. The Hall–Kier alpha value is -2.14. The zero-order chi connectivity index (χ0) is 13.5. The monoisotopic (exact) mass is 277 g/mol. The van der Waals surface area contributed by atoms with E-state index in [1.54, 1.807) is 24.4 Å². The normalized spacial score (nSPS) is 10.8. The number of nitrogens with one attached hydrogen (secondary N) is 1. The Bertz CT molecular complexity index is 550. The van der Waals surface area contributed by atoms with Crippen molar-refractivity contribution in [2.45, 2.75) is 6.42 Å². The number of ether oxygens (including phenoxy) is 1. The SMILES string of the molecule is O=C(/C=C\c1ccc(Cl)cc1)OCCc1cn[nH]n1. The van der Waals surface area contributed by atoms with Crippen molar-refractivity contribution >= 4 is 23.6 Å². The van der Waals surface area contributed by atoms with E-state index in [0.717, 1.165) is 11.3 Å². The predicted molar refractivity (Wildman–Crippen MR) is 71.5 cm³/mol. The summed E-state index contributed by atoms with van der Waals surface area (Å²) in [7, 11) is 0. The number of halogens is 1. The van der Waals surface area contributed by atoms with Crippen LogP contribution < -0.4 is 0 Å². The first kappa shape index (κ1) is 13.3. The Morgan fingerprint density at radius 1 is 1.37 bits per heavy atom. The molecule has 1 heterocycles. The second-order valence-electron chi connectivity index (χ2n) is 3.76. The summed E-state index contributed by atoms with van der Waals surface area (Å²) in [6.07, 6.45) is 5.19. The van der Waals surface area contributed by atoms with E-state index < -0.39 is 5.97 Å². The molecular weight excluding hydrogens is 266 g/mol. The summed E-state index contributed by atoms with van der Waals surface area (Å²) in [5, 5.41) is 10.7. The topological polar surface area (TPSA) is 67.9 Å². The molecule has 0 saturated carbocycles. The van der Waals surface area contributed by atoms with Gasteiger partial charge in [0.05, 0.1) is 18.5 Å². The van der Waals surface area contributed by atoms with Gasteiger partial charge in [-0.3, -0.25) is 0 Å². The van der Waals surface area contributed by atoms with Gasteiger partial charge in [0.1, 0.15) is 0 Å². The van der Waals surface area contributed by atoms with E-state index in [9.17, 15) is 4.79 Å². The molecule has 0 fully saturated rings. The van der Waals surface area contributed by atoms with E-state index in [2.05, 4.69) is 15.4 Å². The van der Waals surface area contributed by atoms with Gasteiger partial charge < -0.3 is 4.74 Å². The lowest BCUT2D eigenvalue weighted by molar-refractivity contribution is -0.137. The second-order valence-corrected chi connectivity index (χ2v) is 4.20. The van der Waals surface area contributed by atoms with Crippen molar-refractivity contribution in [2.75, 3.05) is 6.61 Å². The first-order chi connectivity index (χ1) is 9.24. The Balaban J connectivity index is 1.76. The van der Waals surface area contributed by atoms with Crippen molar-refractivity contribution in [2.24, 2.45) is 0 Å². The number of benzene rings is 1. The maximum atomic E-state index is 11.4. The molecule has 0 unspecified atom stereocenters. The summed E-state index contributed by atoms with van der Waals surface area (Å²) in [6.45, 7) is 0.274. The second kappa shape index (κ2) is 6.70. The summed E-state index contributed by atoms with van der Waals surface area (Å²) in [5.41, 5.74) is 1.65. The zero-order valence-corrected chi connectivity index (χ0v) is 10.8. The number of H-pyrrole nitrogens is 1. The third kappa shape index (κ3) is 4.56. The molecule has 0 aliphatic carbocycles. The molecule has 1 N–H and O–H groups in total. The molecule has 0 radical (unpaired) electrons. The van der Waals surface area contributed by atoms with Crippen LogP contribution in [0.3, 0.4) is 0 Å². The van der Waals surface area contributed by atoms with Crippen LogP contribution in [-0.4, -0.2) is 28.0 Å². The Kier molecular flexibility index (Phi) is 4.69. The molecular formula is C13H12ClN3O2. The van der Waals surface area contributed by atoms with Crippen molar-refractivity contribution in [1.29, 1.82) is 0 Å². The van der Waals surface area contributed by atoms with Crippen LogP contribution in [0.5, 0.6) is 0 Å². The summed E-state index contributed by atoms with van der Waals surface area (Å²) < 4.78 is 5.03. The van der Waals surface area contributed by atoms with Crippen molar-refractivity contribution in [3.05, 3.63) is 52.8 Å². The van der Waals surface area contributed by atoms with Crippen LogP contribution in [0.4, 0.5) is 0 Å². The van der Waals surface area contributed by atoms with Gasteiger partial charge in [0.25, 0.3) is 0 Å². The van der Waals surface area contributed by atoms with Gasteiger partial charge in [-0.05, 0) is 23.8 Å². The zero-order valence-electron chi connectivity index (χ0n) is 10.0. The molecule has 0 spiro atoms. The van der Waals surface area contributed by atoms with E-state index in [1.807, 2.05) is 12.1 Å². The molecule has 19 heavy (non-hydrogen) atoms. The fourth-order valence-corrected chi connectivity index (χ4v) is 1.51. The summed E-state index contributed by atoms with van der Waals surface area (Å²) >= 11 is 5.76. The van der Waals surface area contributed by atoms with Crippen LogP contribution in [0.25, 0.3) is 6.08 Å². The van der Waals surface area contributed by atoms with Gasteiger partial charge in [-0.2, -0.15) is 15.4 Å². The van der Waals surface area contributed by atoms with Gasteiger partial charge in [-0.1, -0.05) is 23.7 Å². The van der Waals surface area contributed by atoms with E-state index in [-0.39, 0.29) is 6.61 Å². The summed E-state index contributed by atoms with van der Waals surface area (Å²) in [4.78, 5) is 11.4. The lowest BCUT2D eigenvalue weighted by atomic mass is 10.2. The van der Waals surface area contributed by atoms with Crippen LogP contribution in [0.2, 0.25) is 5.02 Å². The molecule has 1 aromatic heterocycles.